The molecule has 3 heterocycles. The van der Waals surface area contributed by atoms with Crippen molar-refractivity contribution in [2.75, 3.05) is 13.1 Å². The lowest BCUT2D eigenvalue weighted by atomic mass is 9.68. The number of hydrogen-bond donors (Lipinski definition) is 1. The van der Waals surface area contributed by atoms with E-state index in [0.29, 0.717) is 0 Å². The third-order valence-corrected chi connectivity index (χ3v) is 6.76. The van der Waals surface area contributed by atoms with Crippen LogP contribution >= 0.6 is 0 Å². The Balaban J connectivity index is 1.61. The number of nitrogens with one attached hydrogen (secondary N) is 1. The predicted octanol–water partition coefficient (Wildman–Crippen LogP) is 3.37. The first-order chi connectivity index (χ1) is 13.0. The van der Waals surface area contributed by atoms with Gasteiger partial charge in [-0.3, -0.25) is 9.69 Å². The molecule has 27 heavy (non-hydrogen) atoms. The zero-order valence-electron chi connectivity index (χ0n) is 16.7. The number of hydrogen-bond acceptors (Lipinski definition) is 3. The Hall–Kier alpha value is -2.14. The van der Waals surface area contributed by atoms with Crippen molar-refractivity contribution >= 4 is 5.91 Å². The molecule has 144 valence electrons. The fourth-order valence-corrected chi connectivity index (χ4v) is 5.03. The maximum absolute atomic E-state index is 12.7. The van der Waals surface area contributed by atoms with E-state index in [4.69, 9.17) is 5.10 Å². The zero-order chi connectivity index (χ0) is 19.0. The molecule has 2 fully saturated rings. The van der Waals surface area contributed by atoms with Crippen LogP contribution in [-0.2, 0) is 11.3 Å². The van der Waals surface area contributed by atoms with Gasteiger partial charge in [-0.2, -0.15) is 5.10 Å². The van der Waals surface area contributed by atoms with Gasteiger partial charge in [0.1, 0.15) is 0 Å². The molecule has 2 saturated heterocycles. The van der Waals surface area contributed by atoms with E-state index in [1.807, 2.05) is 22.9 Å². The number of piperidine rings is 2. The number of nitrogens with zero attached hydrogens (tertiary/aromatic N) is 3. The van der Waals surface area contributed by atoms with E-state index in [1.165, 1.54) is 11.3 Å². The number of para-hydroxylation sites is 1. The van der Waals surface area contributed by atoms with Crippen LogP contribution in [0.5, 0.6) is 0 Å². The summed E-state index contributed by atoms with van der Waals surface area (Å²) in [6.07, 6.45) is 4.20. The molecule has 1 aromatic carbocycles. The average molecular weight is 367 g/mol. The fraction of sp³-hybridized carbons (Fsp3) is 0.545. The highest BCUT2D eigenvalue weighted by molar-refractivity contribution is 5.84. The molecule has 0 saturated carbocycles. The average Bonchev–Trinajstić information content (AvgIpc) is 2.96. The van der Waals surface area contributed by atoms with E-state index in [2.05, 4.69) is 43.1 Å². The molecule has 2 atom stereocenters. The molecule has 1 amide bonds. The Morgan fingerprint density at radius 1 is 1.19 bits per heavy atom. The van der Waals surface area contributed by atoms with Crippen molar-refractivity contribution in [2.24, 2.45) is 5.41 Å². The van der Waals surface area contributed by atoms with Gasteiger partial charge in [0.15, 0.2) is 0 Å². The molecule has 1 aromatic heterocycles. The third-order valence-electron chi connectivity index (χ3n) is 6.76. The van der Waals surface area contributed by atoms with Gasteiger partial charge in [0.2, 0.25) is 5.91 Å². The molecular weight excluding hydrogens is 336 g/mol. The summed E-state index contributed by atoms with van der Waals surface area (Å²) in [5.41, 5.74) is 4.45. The monoisotopic (exact) mass is 366 g/mol. The predicted molar refractivity (Wildman–Crippen MR) is 107 cm³/mol. The number of carbonyl (C=O) groups excluding carboxylic acids is 1. The van der Waals surface area contributed by atoms with Gasteiger partial charge in [-0.05, 0) is 65.1 Å². The van der Waals surface area contributed by atoms with Crippen LogP contribution in [0.3, 0.4) is 0 Å². The van der Waals surface area contributed by atoms with Crippen molar-refractivity contribution < 1.29 is 4.79 Å². The minimum absolute atomic E-state index is 0.215. The summed E-state index contributed by atoms with van der Waals surface area (Å²) in [7, 11) is 0. The van der Waals surface area contributed by atoms with Crippen LogP contribution in [-0.4, -0.2) is 39.7 Å². The fourth-order valence-electron chi connectivity index (χ4n) is 5.03. The number of benzene rings is 1. The molecule has 2 aromatic rings. The number of aryl methyl sites for hydroxylation is 1. The second-order valence-electron chi connectivity index (χ2n) is 8.16. The molecule has 4 rings (SSSR count). The van der Waals surface area contributed by atoms with E-state index in [0.717, 1.165) is 56.7 Å². The summed E-state index contributed by atoms with van der Waals surface area (Å²) >= 11 is 0. The molecule has 1 N–H and O–H groups in total. The summed E-state index contributed by atoms with van der Waals surface area (Å²) in [4.78, 5) is 15.2. The number of carbonyl (C=O) groups is 1. The standard InChI is InChI=1S/C22H30N4O/c1-16-20(17(2)26(24-16)19-9-5-4-6-10-19)15-25-14-8-12-22(18(25)3)11-7-13-23-21(22)27/h4-6,9-10,18H,7-8,11-15H2,1-3H3,(H,23,27)/t18-,22+/m1/s1. The molecule has 5 nitrogen and oxygen atoms in total. The lowest BCUT2D eigenvalue weighted by molar-refractivity contribution is -0.142. The van der Waals surface area contributed by atoms with Crippen molar-refractivity contribution in [2.45, 2.75) is 59.0 Å². The molecular formula is C22H30N4O. The van der Waals surface area contributed by atoms with Gasteiger partial charge in [0.05, 0.1) is 16.8 Å². The maximum atomic E-state index is 12.7. The Labute approximate surface area is 161 Å². The summed E-state index contributed by atoms with van der Waals surface area (Å²) < 4.78 is 2.04. The second-order valence-corrected chi connectivity index (χ2v) is 8.16. The van der Waals surface area contributed by atoms with Crippen molar-refractivity contribution in [1.82, 2.24) is 20.0 Å². The van der Waals surface area contributed by atoms with Crippen LogP contribution in [0.2, 0.25) is 0 Å². The van der Waals surface area contributed by atoms with Gasteiger partial charge >= 0.3 is 0 Å². The van der Waals surface area contributed by atoms with Crippen molar-refractivity contribution in [3.8, 4) is 5.69 Å². The smallest absolute Gasteiger partial charge is 0.227 e. The molecule has 0 unspecified atom stereocenters. The highest BCUT2D eigenvalue weighted by Gasteiger charge is 2.48. The summed E-state index contributed by atoms with van der Waals surface area (Å²) in [6.45, 7) is 9.23. The first-order valence-electron chi connectivity index (χ1n) is 10.2. The van der Waals surface area contributed by atoms with Gasteiger partial charge in [-0.15, -0.1) is 0 Å². The Morgan fingerprint density at radius 3 is 2.67 bits per heavy atom. The number of likely N-dealkylation sites (tertiary alicyclic amines) is 1. The van der Waals surface area contributed by atoms with E-state index in [1.54, 1.807) is 0 Å². The first-order valence-corrected chi connectivity index (χ1v) is 10.2. The normalized spacial score (nSPS) is 26.3. The third kappa shape index (κ3) is 3.08. The molecule has 2 aliphatic rings. The van der Waals surface area contributed by atoms with E-state index < -0.39 is 0 Å². The molecule has 1 spiro atoms. The SMILES string of the molecule is Cc1nn(-c2ccccc2)c(C)c1CN1CCC[C@@]2(CCCNC2=O)[C@H]1C. The van der Waals surface area contributed by atoms with Gasteiger partial charge in [-0.1, -0.05) is 18.2 Å². The van der Waals surface area contributed by atoms with Gasteiger partial charge in [0.25, 0.3) is 0 Å². The van der Waals surface area contributed by atoms with Crippen molar-refractivity contribution in [3.63, 3.8) is 0 Å². The zero-order valence-corrected chi connectivity index (χ0v) is 16.7. The molecule has 0 aliphatic carbocycles. The lowest BCUT2D eigenvalue weighted by Crippen LogP contribution is -2.59. The van der Waals surface area contributed by atoms with Crippen molar-refractivity contribution in [3.05, 3.63) is 47.3 Å². The van der Waals surface area contributed by atoms with Crippen LogP contribution in [0, 0.1) is 19.3 Å². The maximum Gasteiger partial charge on any atom is 0.227 e. The lowest BCUT2D eigenvalue weighted by Gasteiger charge is -2.49. The highest BCUT2D eigenvalue weighted by atomic mass is 16.2. The Morgan fingerprint density at radius 2 is 1.93 bits per heavy atom. The minimum Gasteiger partial charge on any atom is -0.356 e. The van der Waals surface area contributed by atoms with Crippen LogP contribution in [0.25, 0.3) is 5.69 Å². The van der Waals surface area contributed by atoms with Crippen LogP contribution in [0.4, 0.5) is 0 Å². The molecule has 2 aliphatic heterocycles. The number of amides is 1. The molecule has 0 bridgehead atoms. The van der Waals surface area contributed by atoms with Crippen LogP contribution in [0.1, 0.15) is 49.6 Å². The summed E-state index contributed by atoms with van der Waals surface area (Å²) in [5.74, 6) is 0.263. The van der Waals surface area contributed by atoms with Crippen LogP contribution < -0.4 is 5.32 Å². The molecule has 0 radical (unpaired) electrons. The highest BCUT2D eigenvalue weighted by Crippen LogP contribution is 2.42. The minimum atomic E-state index is -0.215. The van der Waals surface area contributed by atoms with Crippen molar-refractivity contribution in [1.29, 1.82) is 0 Å². The first kappa shape index (κ1) is 18.2. The summed E-state index contributed by atoms with van der Waals surface area (Å²) in [6, 6.07) is 10.6. The Kier molecular flexibility index (Phi) is 4.81. The van der Waals surface area contributed by atoms with Gasteiger partial charge < -0.3 is 5.32 Å². The van der Waals surface area contributed by atoms with Gasteiger partial charge in [-0.25, -0.2) is 4.68 Å². The van der Waals surface area contributed by atoms with Gasteiger partial charge in [0, 0.05) is 30.4 Å². The topological polar surface area (TPSA) is 50.2 Å². The van der Waals surface area contributed by atoms with E-state index in [9.17, 15) is 4.79 Å². The number of aromatic nitrogens is 2. The van der Waals surface area contributed by atoms with E-state index >= 15 is 0 Å². The largest absolute Gasteiger partial charge is 0.356 e. The second kappa shape index (κ2) is 7.12. The number of rotatable bonds is 3. The summed E-state index contributed by atoms with van der Waals surface area (Å²) in [5, 5.41) is 7.92. The Bertz CT molecular complexity index is 824. The molecule has 5 heteroatoms. The quantitative estimate of drug-likeness (QED) is 0.906. The van der Waals surface area contributed by atoms with E-state index in [-0.39, 0.29) is 17.4 Å². The van der Waals surface area contributed by atoms with Crippen LogP contribution in [0.15, 0.2) is 30.3 Å².